The molecule has 4 heteroatoms. The van der Waals surface area contributed by atoms with E-state index in [1.807, 2.05) is 35.2 Å². The minimum absolute atomic E-state index is 0.0576. The van der Waals surface area contributed by atoms with E-state index in [2.05, 4.69) is 6.92 Å². The van der Waals surface area contributed by atoms with Crippen LogP contribution in [0, 0.1) is 5.41 Å². The summed E-state index contributed by atoms with van der Waals surface area (Å²) in [6.45, 7) is 3.48. The molecule has 2 amide bonds. The lowest BCUT2D eigenvalue weighted by molar-refractivity contribution is -0.153. The highest BCUT2D eigenvalue weighted by atomic mass is 16.7. The van der Waals surface area contributed by atoms with Crippen molar-refractivity contribution in [2.24, 2.45) is 5.41 Å². The number of urea groups is 1. The molecule has 2 heterocycles. The number of hydrogen-bond donors (Lipinski definition) is 0. The molecule has 3 fully saturated rings. The molecule has 1 spiro atoms. The van der Waals surface area contributed by atoms with Crippen molar-refractivity contribution in [2.75, 3.05) is 6.54 Å². The van der Waals surface area contributed by atoms with Gasteiger partial charge < -0.3 is 4.90 Å². The molecule has 1 aromatic rings. The highest BCUT2D eigenvalue weighted by Crippen LogP contribution is 2.58. The Balaban J connectivity index is 1.52. The Kier molecular flexibility index (Phi) is 2.58. The van der Waals surface area contributed by atoms with Crippen LogP contribution in [0.5, 0.6) is 0 Å². The van der Waals surface area contributed by atoms with Crippen LogP contribution in [-0.4, -0.2) is 34.6 Å². The van der Waals surface area contributed by atoms with Gasteiger partial charge in [-0.05, 0) is 37.2 Å². The number of amides is 2. The molecule has 1 saturated carbocycles. The quantitative estimate of drug-likeness (QED) is 0.847. The first-order valence-corrected chi connectivity index (χ1v) is 7.46. The van der Waals surface area contributed by atoms with E-state index in [1.54, 1.807) is 5.06 Å². The maximum absolute atomic E-state index is 12.5. The van der Waals surface area contributed by atoms with Gasteiger partial charge in [0.2, 0.25) is 0 Å². The molecule has 4 nitrogen and oxygen atoms in total. The SMILES string of the molecule is C[C@@H]1CC2(CC2)[C@H]2CN1C(=O)N2OCc1ccccc1. The van der Waals surface area contributed by atoms with Gasteiger partial charge >= 0.3 is 6.03 Å². The van der Waals surface area contributed by atoms with Crippen LogP contribution < -0.4 is 0 Å². The Morgan fingerprint density at radius 1 is 1.30 bits per heavy atom. The number of fused-ring (bicyclic) bond motifs is 3. The second-order valence-electron chi connectivity index (χ2n) is 6.45. The van der Waals surface area contributed by atoms with E-state index in [0.717, 1.165) is 18.5 Å². The van der Waals surface area contributed by atoms with E-state index >= 15 is 0 Å². The number of rotatable bonds is 3. The first kappa shape index (κ1) is 12.2. The van der Waals surface area contributed by atoms with Crippen LogP contribution in [0.4, 0.5) is 4.79 Å². The summed E-state index contributed by atoms with van der Waals surface area (Å²) in [6, 6.07) is 10.7. The molecule has 3 aliphatic rings. The number of hydroxylamine groups is 2. The minimum Gasteiger partial charge on any atom is -0.318 e. The number of carbonyl (C=O) groups excluding carboxylic acids is 1. The lowest BCUT2D eigenvalue weighted by Crippen LogP contribution is -2.44. The number of carbonyl (C=O) groups is 1. The van der Waals surface area contributed by atoms with Crippen molar-refractivity contribution < 1.29 is 9.63 Å². The van der Waals surface area contributed by atoms with Crippen LogP contribution in [0.1, 0.15) is 31.7 Å². The van der Waals surface area contributed by atoms with E-state index in [9.17, 15) is 4.79 Å². The third-order valence-electron chi connectivity index (χ3n) is 5.13. The summed E-state index contributed by atoms with van der Waals surface area (Å²) >= 11 is 0. The third-order valence-corrected chi connectivity index (χ3v) is 5.13. The first-order valence-electron chi connectivity index (χ1n) is 7.46. The standard InChI is InChI=1S/C16H20N2O2/c1-12-9-16(7-8-16)14-10-17(12)15(19)18(14)20-11-13-5-3-2-4-6-13/h2-6,12,14H,7-11H2,1H3/t12-,14-/m1/s1. The van der Waals surface area contributed by atoms with Crippen molar-refractivity contribution >= 4 is 6.03 Å². The topological polar surface area (TPSA) is 32.8 Å². The van der Waals surface area contributed by atoms with E-state index < -0.39 is 0 Å². The molecule has 4 rings (SSSR count). The Labute approximate surface area is 119 Å². The van der Waals surface area contributed by atoms with Gasteiger partial charge in [-0.15, -0.1) is 0 Å². The van der Waals surface area contributed by atoms with Gasteiger partial charge in [-0.2, -0.15) is 5.06 Å². The first-order chi connectivity index (χ1) is 9.70. The summed E-state index contributed by atoms with van der Waals surface area (Å²) in [4.78, 5) is 20.3. The highest BCUT2D eigenvalue weighted by molar-refractivity contribution is 5.77. The fourth-order valence-electron chi connectivity index (χ4n) is 3.81. The van der Waals surface area contributed by atoms with E-state index in [0.29, 0.717) is 18.1 Å². The molecular formula is C16H20N2O2. The Bertz CT molecular complexity index is 527. The number of benzene rings is 1. The number of piperidine rings is 1. The van der Waals surface area contributed by atoms with Crippen molar-refractivity contribution in [1.82, 2.24) is 9.96 Å². The zero-order valence-electron chi connectivity index (χ0n) is 11.8. The fourth-order valence-corrected chi connectivity index (χ4v) is 3.81. The summed E-state index contributed by atoms with van der Waals surface area (Å²) in [5.41, 5.74) is 1.45. The Morgan fingerprint density at radius 3 is 2.75 bits per heavy atom. The van der Waals surface area contributed by atoms with E-state index in [1.165, 1.54) is 12.8 Å². The van der Waals surface area contributed by atoms with Crippen LogP contribution >= 0.6 is 0 Å². The number of hydrogen-bond acceptors (Lipinski definition) is 2. The maximum Gasteiger partial charge on any atom is 0.344 e. The lowest BCUT2D eigenvalue weighted by Gasteiger charge is -2.35. The van der Waals surface area contributed by atoms with Crippen molar-refractivity contribution in [3.8, 4) is 0 Å². The summed E-state index contributed by atoms with van der Waals surface area (Å²) in [5, 5.41) is 1.67. The monoisotopic (exact) mass is 272 g/mol. The predicted molar refractivity (Wildman–Crippen MR) is 74.7 cm³/mol. The molecule has 0 radical (unpaired) electrons. The van der Waals surface area contributed by atoms with Gasteiger partial charge in [0.05, 0.1) is 6.04 Å². The van der Waals surface area contributed by atoms with Crippen molar-refractivity contribution in [2.45, 2.75) is 44.9 Å². The largest absolute Gasteiger partial charge is 0.344 e. The smallest absolute Gasteiger partial charge is 0.318 e. The van der Waals surface area contributed by atoms with Gasteiger partial charge in [0.15, 0.2) is 0 Å². The minimum atomic E-state index is 0.0576. The molecule has 2 saturated heterocycles. The normalized spacial score (nSPS) is 30.1. The molecule has 0 unspecified atom stereocenters. The Morgan fingerprint density at radius 2 is 2.05 bits per heavy atom. The second-order valence-corrected chi connectivity index (χ2v) is 6.45. The van der Waals surface area contributed by atoms with Crippen LogP contribution in [0.25, 0.3) is 0 Å². The lowest BCUT2D eigenvalue weighted by atomic mass is 9.86. The summed E-state index contributed by atoms with van der Waals surface area (Å²) < 4.78 is 0. The Hall–Kier alpha value is -1.55. The van der Waals surface area contributed by atoms with Crippen LogP contribution in [0.15, 0.2) is 30.3 Å². The van der Waals surface area contributed by atoms with Crippen molar-refractivity contribution in [3.63, 3.8) is 0 Å². The fraction of sp³-hybridized carbons (Fsp3) is 0.562. The molecule has 2 aliphatic heterocycles. The molecule has 2 bridgehead atoms. The molecule has 1 aromatic carbocycles. The summed E-state index contributed by atoms with van der Waals surface area (Å²) in [7, 11) is 0. The van der Waals surface area contributed by atoms with Crippen LogP contribution in [-0.2, 0) is 11.4 Å². The zero-order chi connectivity index (χ0) is 13.7. The van der Waals surface area contributed by atoms with Gasteiger partial charge in [0.25, 0.3) is 0 Å². The van der Waals surface area contributed by atoms with Gasteiger partial charge in [0.1, 0.15) is 6.61 Å². The predicted octanol–water partition coefficient (Wildman–Crippen LogP) is 2.80. The number of nitrogens with zero attached hydrogens (tertiary/aromatic N) is 2. The molecule has 1 aliphatic carbocycles. The summed E-state index contributed by atoms with van der Waals surface area (Å²) in [5.74, 6) is 0. The van der Waals surface area contributed by atoms with E-state index in [-0.39, 0.29) is 12.1 Å². The van der Waals surface area contributed by atoms with Crippen molar-refractivity contribution in [1.29, 1.82) is 0 Å². The van der Waals surface area contributed by atoms with E-state index in [4.69, 9.17) is 4.84 Å². The summed E-state index contributed by atoms with van der Waals surface area (Å²) in [6.07, 6.45) is 3.62. The van der Waals surface area contributed by atoms with Crippen LogP contribution in [0.3, 0.4) is 0 Å². The van der Waals surface area contributed by atoms with Crippen molar-refractivity contribution in [3.05, 3.63) is 35.9 Å². The molecule has 0 aromatic heterocycles. The third kappa shape index (κ3) is 1.74. The molecule has 20 heavy (non-hydrogen) atoms. The van der Waals surface area contributed by atoms with Crippen LogP contribution in [0.2, 0.25) is 0 Å². The average molecular weight is 272 g/mol. The second kappa shape index (κ2) is 4.22. The zero-order valence-corrected chi connectivity index (χ0v) is 11.8. The van der Waals surface area contributed by atoms with Gasteiger partial charge in [0, 0.05) is 12.6 Å². The molecular weight excluding hydrogens is 252 g/mol. The highest BCUT2D eigenvalue weighted by Gasteiger charge is 2.62. The van der Waals surface area contributed by atoms with Gasteiger partial charge in [-0.1, -0.05) is 30.3 Å². The van der Waals surface area contributed by atoms with Gasteiger partial charge in [-0.3, -0.25) is 4.84 Å². The maximum atomic E-state index is 12.5. The molecule has 2 atom stereocenters. The van der Waals surface area contributed by atoms with Gasteiger partial charge in [-0.25, -0.2) is 4.79 Å². The molecule has 106 valence electrons. The molecule has 0 N–H and O–H groups in total. The average Bonchev–Trinajstić information content (AvgIpc) is 3.15.